The molecule has 1 heterocycles. The molecule has 0 saturated carbocycles. The predicted molar refractivity (Wildman–Crippen MR) is 71.0 cm³/mol. The molecule has 0 spiro atoms. The first-order chi connectivity index (χ1) is 7.99. The van der Waals surface area contributed by atoms with Crippen LogP contribution in [-0.2, 0) is 7.05 Å². The van der Waals surface area contributed by atoms with Gasteiger partial charge in [0.25, 0.3) is 0 Å². The van der Waals surface area contributed by atoms with Gasteiger partial charge in [0, 0.05) is 25.0 Å². The van der Waals surface area contributed by atoms with Crippen molar-refractivity contribution in [3.63, 3.8) is 0 Å². The number of hydrogen-bond acceptors (Lipinski definition) is 2. The first-order valence-corrected chi connectivity index (χ1v) is 5.53. The lowest BCUT2D eigenvalue weighted by Gasteiger charge is -2.09. The van der Waals surface area contributed by atoms with Crippen LogP contribution in [0, 0.1) is 13.8 Å². The fourth-order valence-electron chi connectivity index (χ4n) is 1.91. The van der Waals surface area contributed by atoms with Gasteiger partial charge in [-0.05, 0) is 54.3 Å². The summed E-state index contributed by atoms with van der Waals surface area (Å²) >= 11 is 0. The summed E-state index contributed by atoms with van der Waals surface area (Å²) in [6.45, 7) is 3.99. The molecule has 0 saturated heterocycles. The molecule has 0 bridgehead atoms. The zero-order valence-corrected chi connectivity index (χ0v) is 10.3. The van der Waals surface area contributed by atoms with Gasteiger partial charge >= 0.3 is 0 Å². The van der Waals surface area contributed by atoms with E-state index in [0.717, 1.165) is 27.9 Å². The van der Waals surface area contributed by atoms with E-state index in [2.05, 4.69) is 0 Å². The summed E-state index contributed by atoms with van der Waals surface area (Å²) in [6, 6.07) is 7.51. The second-order valence-corrected chi connectivity index (χ2v) is 4.39. The fourth-order valence-corrected chi connectivity index (χ4v) is 1.91. The number of nitrogens with two attached hydrogens (primary N) is 1. The van der Waals surface area contributed by atoms with E-state index in [1.165, 1.54) is 0 Å². The molecule has 1 aromatic heterocycles. The van der Waals surface area contributed by atoms with E-state index in [9.17, 15) is 4.79 Å². The molecular formula is C14H16N2O. The van der Waals surface area contributed by atoms with Crippen LogP contribution in [0.1, 0.15) is 11.1 Å². The van der Waals surface area contributed by atoms with Gasteiger partial charge in [0.2, 0.25) is 5.56 Å². The second-order valence-electron chi connectivity index (χ2n) is 4.39. The molecule has 0 unspecified atom stereocenters. The van der Waals surface area contributed by atoms with Crippen molar-refractivity contribution in [1.29, 1.82) is 0 Å². The Hall–Kier alpha value is -2.03. The van der Waals surface area contributed by atoms with Gasteiger partial charge < -0.3 is 10.3 Å². The minimum atomic E-state index is -0.00219. The van der Waals surface area contributed by atoms with Crippen LogP contribution < -0.4 is 11.3 Å². The van der Waals surface area contributed by atoms with Crippen LogP contribution in [0.2, 0.25) is 0 Å². The molecule has 0 amide bonds. The SMILES string of the molecule is Cc1cc(-c2ccc(=O)n(C)c2)cc(C)c1N. The van der Waals surface area contributed by atoms with Gasteiger partial charge in [0.1, 0.15) is 0 Å². The molecule has 0 fully saturated rings. The van der Waals surface area contributed by atoms with Crippen molar-refractivity contribution in [3.05, 3.63) is 51.9 Å². The summed E-state index contributed by atoms with van der Waals surface area (Å²) in [4.78, 5) is 11.3. The minimum Gasteiger partial charge on any atom is -0.398 e. The highest BCUT2D eigenvalue weighted by Crippen LogP contribution is 2.25. The van der Waals surface area contributed by atoms with E-state index in [0.29, 0.717) is 0 Å². The predicted octanol–water partition coefficient (Wildman–Crippen LogP) is 2.25. The van der Waals surface area contributed by atoms with Gasteiger partial charge in [-0.15, -0.1) is 0 Å². The third-order valence-electron chi connectivity index (χ3n) is 3.01. The van der Waals surface area contributed by atoms with Gasteiger partial charge in [0.15, 0.2) is 0 Å². The topological polar surface area (TPSA) is 48.0 Å². The highest BCUT2D eigenvalue weighted by molar-refractivity contribution is 5.69. The second kappa shape index (κ2) is 4.09. The lowest BCUT2D eigenvalue weighted by Crippen LogP contribution is -2.13. The normalized spacial score (nSPS) is 10.5. The third-order valence-corrected chi connectivity index (χ3v) is 3.01. The summed E-state index contributed by atoms with van der Waals surface area (Å²) in [7, 11) is 1.75. The Bertz CT molecular complexity index is 603. The number of nitrogen functional groups attached to an aromatic ring is 1. The first-order valence-electron chi connectivity index (χ1n) is 5.53. The lowest BCUT2D eigenvalue weighted by atomic mass is 10.0. The van der Waals surface area contributed by atoms with Crippen molar-refractivity contribution >= 4 is 5.69 Å². The zero-order chi connectivity index (χ0) is 12.6. The highest BCUT2D eigenvalue weighted by atomic mass is 16.1. The maximum atomic E-state index is 11.3. The van der Waals surface area contributed by atoms with Gasteiger partial charge in [0.05, 0.1) is 0 Å². The molecule has 0 radical (unpaired) electrons. The average molecular weight is 228 g/mol. The fraction of sp³-hybridized carbons (Fsp3) is 0.214. The number of hydrogen-bond donors (Lipinski definition) is 1. The summed E-state index contributed by atoms with van der Waals surface area (Å²) in [5, 5.41) is 0. The van der Waals surface area contributed by atoms with Crippen molar-refractivity contribution in [1.82, 2.24) is 4.57 Å². The molecule has 2 aromatic rings. The molecule has 88 valence electrons. The van der Waals surface area contributed by atoms with Crippen molar-refractivity contribution in [3.8, 4) is 11.1 Å². The Balaban J connectivity index is 2.61. The molecule has 17 heavy (non-hydrogen) atoms. The Morgan fingerprint density at radius 3 is 2.18 bits per heavy atom. The maximum Gasteiger partial charge on any atom is 0.250 e. The maximum absolute atomic E-state index is 11.3. The average Bonchev–Trinajstić information content (AvgIpc) is 2.29. The van der Waals surface area contributed by atoms with Gasteiger partial charge in [-0.2, -0.15) is 0 Å². The molecule has 2 N–H and O–H groups in total. The molecule has 0 atom stereocenters. The number of rotatable bonds is 1. The Morgan fingerprint density at radius 1 is 1.06 bits per heavy atom. The monoisotopic (exact) mass is 228 g/mol. The van der Waals surface area contributed by atoms with Gasteiger partial charge in [-0.1, -0.05) is 0 Å². The highest BCUT2D eigenvalue weighted by Gasteiger charge is 2.04. The lowest BCUT2D eigenvalue weighted by molar-refractivity contribution is 0.862. The van der Waals surface area contributed by atoms with Gasteiger partial charge in [-0.3, -0.25) is 4.79 Å². The minimum absolute atomic E-state index is 0.00219. The first kappa shape index (κ1) is 11.5. The van der Waals surface area contributed by atoms with E-state index in [1.807, 2.05) is 38.2 Å². The van der Waals surface area contributed by atoms with Crippen LogP contribution in [0.15, 0.2) is 35.3 Å². The quantitative estimate of drug-likeness (QED) is 0.761. The van der Waals surface area contributed by atoms with Crippen molar-refractivity contribution < 1.29 is 0 Å². The largest absolute Gasteiger partial charge is 0.398 e. The number of aromatic nitrogens is 1. The number of pyridine rings is 1. The van der Waals surface area contributed by atoms with E-state index >= 15 is 0 Å². The number of benzene rings is 1. The number of nitrogens with zero attached hydrogens (tertiary/aromatic N) is 1. The molecule has 0 aliphatic heterocycles. The Morgan fingerprint density at radius 2 is 1.65 bits per heavy atom. The van der Waals surface area contributed by atoms with Crippen molar-refractivity contribution in [2.75, 3.05) is 5.73 Å². The van der Waals surface area contributed by atoms with Crippen molar-refractivity contribution in [2.45, 2.75) is 13.8 Å². The number of aryl methyl sites for hydroxylation is 3. The van der Waals surface area contributed by atoms with E-state index in [-0.39, 0.29) is 5.56 Å². The van der Waals surface area contributed by atoms with Crippen molar-refractivity contribution in [2.24, 2.45) is 7.05 Å². The van der Waals surface area contributed by atoms with Crippen LogP contribution in [-0.4, -0.2) is 4.57 Å². The molecule has 3 heteroatoms. The van der Waals surface area contributed by atoms with E-state index in [4.69, 9.17) is 5.73 Å². The van der Waals surface area contributed by atoms with Gasteiger partial charge in [-0.25, -0.2) is 0 Å². The van der Waals surface area contributed by atoms with E-state index < -0.39 is 0 Å². The number of anilines is 1. The van der Waals surface area contributed by atoms with Crippen LogP contribution in [0.3, 0.4) is 0 Å². The molecule has 3 nitrogen and oxygen atoms in total. The Labute approximate surface area is 101 Å². The zero-order valence-electron chi connectivity index (χ0n) is 10.3. The van der Waals surface area contributed by atoms with Crippen LogP contribution in [0.4, 0.5) is 5.69 Å². The molecule has 0 aliphatic rings. The van der Waals surface area contributed by atoms with E-state index in [1.54, 1.807) is 17.7 Å². The Kier molecular flexibility index (Phi) is 2.76. The molecule has 2 rings (SSSR count). The molecule has 0 aliphatic carbocycles. The standard InChI is InChI=1S/C14H16N2O/c1-9-6-12(7-10(2)14(9)15)11-4-5-13(17)16(3)8-11/h4-8H,15H2,1-3H3. The third kappa shape index (κ3) is 2.09. The summed E-state index contributed by atoms with van der Waals surface area (Å²) in [5.74, 6) is 0. The van der Waals surface area contributed by atoms with Crippen LogP contribution in [0.25, 0.3) is 11.1 Å². The van der Waals surface area contributed by atoms with Crippen LogP contribution in [0.5, 0.6) is 0 Å². The summed E-state index contributed by atoms with van der Waals surface area (Å²) in [6.07, 6.45) is 1.84. The summed E-state index contributed by atoms with van der Waals surface area (Å²) < 4.78 is 1.58. The molecular weight excluding hydrogens is 212 g/mol. The summed E-state index contributed by atoms with van der Waals surface area (Å²) in [5.41, 5.74) is 11.0. The smallest absolute Gasteiger partial charge is 0.250 e. The van der Waals surface area contributed by atoms with Crippen LogP contribution >= 0.6 is 0 Å². The molecule has 1 aromatic carbocycles.